The van der Waals surface area contributed by atoms with E-state index in [4.69, 9.17) is 4.74 Å². The number of thioether (sulfide) groups is 1. The molecule has 0 heterocycles. The van der Waals surface area contributed by atoms with Crippen LogP contribution in [0.2, 0.25) is 0 Å². The van der Waals surface area contributed by atoms with E-state index >= 15 is 0 Å². The van der Waals surface area contributed by atoms with E-state index in [0.29, 0.717) is 5.56 Å². The fourth-order valence-corrected chi connectivity index (χ4v) is 1.92. The minimum atomic E-state index is -4.30. The van der Waals surface area contributed by atoms with Crippen molar-refractivity contribution in [2.45, 2.75) is 23.4 Å². The van der Waals surface area contributed by atoms with Crippen LogP contribution in [0, 0.1) is 0 Å². The van der Waals surface area contributed by atoms with E-state index in [0.717, 1.165) is 0 Å². The van der Waals surface area contributed by atoms with Gasteiger partial charge < -0.3 is 4.74 Å². The Morgan fingerprint density at radius 2 is 1.82 bits per heavy atom. The van der Waals surface area contributed by atoms with Crippen LogP contribution in [0.5, 0.6) is 0 Å². The van der Waals surface area contributed by atoms with Crippen molar-refractivity contribution in [2.24, 2.45) is 0 Å². The highest BCUT2D eigenvalue weighted by Gasteiger charge is 2.29. The Bertz CT molecular complexity index is 387. The van der Waals surface area contributed by atoms with Crippen LogP contribution in [0.15, 0.2) is 29.2 Å². The average molecular weight is 264 g/mol. The van der Waals surface area contributed by atoms with Gasteiger partial charge in [-0.2, -0.15) is 13.2 Å². The first-order valence-corrected chi connectivity index (χ1v) is 5.54. The van der Waals surface area contributed by atoms with Crippen LogP contribution in [-0.2, 0) is 9.53 Å². The summed E-state index contributed by atoms with van der Waals surface area (Å²) in [6.45, 7) is 1.37. The molecule has 94 valence electrons. The molecule has 1 rings (SSSR count). The first-order chi connectivity index (χ1) is 7.83. The van der Waals surface area contributed by atoms with Crippen LogP contribution < -0.4 is 0 Å². The van der Waals surface area contributed by atoms with Gasteiger partial charge in [-0.05, 0) is 36.4 Å². The predicted molar refractivity (Wildman–Crippen MR) is 58.8 cm³/mol. The number of alkyl halides is 3. The van der Waals surface area contributed by atoms with Crippen molar-refractivity contribution in [3.63, 3.8) is 0 Å². The van der Waals surface area contributed by atoms with Crippen molar-refractivity contribution in [3.8, 4) is 0 Å². The van der Waals surface area contributed by atoms with E-state index in [-0.39, 0.29) is 22.4 Å². The summed E-state index contributed by atoms with van der Waals surface area (Å²) in [4.78, 5) is 11.3. The Morgan fingerprint density at radius 1 is 1.29 bits per heavy atom. The van der Waals surface area contributed by atoms with Gasteiger partial charge in [0.15, 0.2) is 5.78 Å². The molecule has 0 aliphatic rings. The molecule has 6 heteroatoms. The van der Waals surface area contributed by atoms with E-state index in [2.05, 4.69) is 0 Å². The van der Waals surface area contributed by atoms with E-state index in [9.17, 15) is 18.0 Å². The summed E-state index contributed by atoms with van der Waals surface area (Å²) in [5.41, 5.74) is -3.76. The second kappa shape index (κ2) is 5.55. The number of ketones is 1. The molecule has 0 aromatic heterocycles. The van der Waals surface area contributed by atoms with Gasteiger partial charge in [0.2, 0.25) is 0 Å². The van der Waals surface area contributed by atoms with Crippen LogP contribution in [-0.4, -0.2) is 18.4 Å². The number of halogens is 3. The number of carbonyl (C=O) groups excluding carboxylic acids is 1. The van der Waals surface area contributed by atoms with Crippen LogP contribution in [0.25, 0.3) is 0 Å². The highest BCUT2D eigenvalue weighted by atomic mass is 32.2. The monoisotopic (exact) mass is 264 g/mol. The molecule has 1 atom stereocenters. The lowest BCUT2D eigenvalue weighted by Gasteiger charge is -2.13. The molecular formula is C11H11F3O2S. The van der Waals surface area contributed by atoms with Gasteiger partial charge in [-0.25, -0.2) is 0 Å². The largest absolute Gasteiger partial charge is 0.446 e. The number of methoxy groups -OCH3 is 1. The Labute approximate surface area is 101 Å². The lowest BCUT2D eigenvalue weighted by molar-refractivity contribution is -0.126. The summed E-state index contributed by atoms with van der Waals surface area (Å²) in [7, 11) is 1.38. The summed E-state index contributed by atoms with van der Waals surface area (Å²) in [6, 6.07) is 5.57. The van der Waals surface area contributed by atoms with E-state index < -0.39 is 11.6 Å². The molecule has 0 bridgehead atoms. The third-order valence-electron chi connectivity index (χ3n) is 2.02. The maximum Gasteiger partial charge on any atom is 0.446 e. The van der Waals surface area contributed by atoms with Crippen LogP contribution >= 0.6 is 11.8 Å². The fraction of sp³-hybridized carbons (Fsp3) is 0.364. The minimum Gasteiger partial charge on any atom is -0.369 e. The number of hydrogen-bond acceptors (Lipinski definition) is 3. The number of benzene rings is 1. The lowest BCUT2D eigenvalue weighted by atomic mass is 10.1. The molecule has 0 aliphatic heterocycles. The second-order valence-corrected chi connectivity index (χ2v) is 4.48. The van der Waals surface area contributed by atoms with E-state index in [1.165, 1.54) is 38.3 Å². The first-order valence-electron chi connectivity index (χ1n) is 4.72. The summed E-state index contributed by atoms with van der Waals surface area (Å²) in [6.07, 6.45) is -0.722. The molecule has 0 amide bonds. The van der Waals surface area contributed by atoms with Crippen molar-refractivity contribution in [1.82, 2.24) is 0 Å². The third-order valence-corrected chi connectivity index (χ3v) is 2.76. The number of Topliss-reactive ketones (excluding diaryl/α,β-unsaturated/α-hetero) is 1. The van der Waals surface area contributed by atoms with Crippen LogP contribution in [0.1, 0.15) is 18.6 Å². The highest BCUT2D eigenvalue weighted by Crippen LogP contribution is 2.37. The van der Waals surface area contributed by atoms with Gasteiger partial charge in [-0.15, -0.1) is 0 Å². The zero-order valence-electron chi connectivity index (χ0n) is 9.25. The average Bonchev–Trinajstić information content (AvgIpc) is 2.18. The van der Waals surface area contributed by atoms with Crippen molar-refractivity contribution in [3.05, 3.63) is 29.8 Å². The van der Waals surface area contributed by atoms with E-state index in [1.807, 2.05) is 0 Å². The first kappa shape index (κ1) is 14.1. The van der Waals surface area contributed by atoms with Crippen molar-refractivity contribution >= 4 is 17.5 Å². The maximum atomic E-state index is 12.1. The van der Waals surface area contributed by atoms with E-state index in [1.54, 1.807) is 0 Å². The van der Waals surface area contributed by atoms with Crippen molar-refractivity contribution in [2.75, 3.05) is 7.11 Å². The third kappa shape index (κ3) is 4.40. The van der Waals surface area contributed by atoms with Gasteiger partial charge in [0, 0.05) is 12.0 Å². The van der Waals surface area contributed by atoms with Gasteiger partial charge in [0.25, 0.3) is 0 Å². The number of hydrogen-bond donors (Lipinski definition) is 0. The number of ether oxygens (including phenoxy) is 1. The Balaban J connectivity index is 2.84. The second-order valence-electron chi connectivity index (χ2n) is 3.34. The lowest BCUT2D eigenvalue weighted by Crippen LogP contribution is -2.10. The fourth-order valence-electron chi connectivity index (χ4n) is 1.38. The molecule has 17 heavy (non-hydrogen) atoms. The number of rotatable bonds is 4. The molecule has 0 N–H and O–H groups in total. The molecule has 0 fully saturated rings. The zero-order valence-corrected chi connectivity index (χ0v) is 10.1. The van der Waals surface area contributed by atoms with Gasteiger partial charge in [0.05, 0.1) is 0 Å². The Morgan fingerprint density at radius 3 is 2.18 bits per heavy atom. The summed E-state index contributed by atoms with van der Waals surface area (Å²) < 4.78 is 41.2. The summed E-state index contributed by atoms with van der Waals surface area (Å²) in [5.74, 6) is -0.191. The standard InChI is InChI=1S/C11H11F3O2S/c1-7(15)10(16-2)8-3-5-9(6-4-8)17-11(12,13)14/h3-6,10H,1-2H3. The van der Waals surface area contributed by atoms with Crippen molar-refractivity contribution < 1.29 is 22.7 Å². The maximum absolute atomic E-state index is 12.1. The van der Waals surface area contributed by atoms with Crippen molar-refractivity contribution in [1.29, 1.82) is 0 Å². The minimum absolute atomic E-state index is 0.0830. The summed E-state index contributed by atoms with van der Waals surface area (Å²) in [5, 5.41) is 0. The smallest absolute Gasteiger partial charge is 0.369 e. The molecule has 0 radical (unpaired) electrons. The van der Waals surface area contributed by atoms with Gasteiger partial charge in [0.1, 0.15) is 6.10 Å². The molecule has 0 aliphatic carbocycles. The SMILES string of the molecule is COC(C(C)=O)c1ccc(SC(F)(F)F)cc1. The van der Waals surface area contributed by atoms with Gasteiger partial charge in [-0.1, -0.05) is 12.1 Å². The number of carbonyl (C=O) groups is 1. The molecule has 0 saturated carbocycles. The molecule has 1 unspecified atom stereocenters. The molecule has 0 saturated heterocycles. The Hall–Kier alpha value is -1.01. The quantitative estimate of drug-likeness (QED) is 0.778. The highest BCUT2D eigenvalue weighted by molar-refractivity contribution is 8.00. The molecule has 1 aromatic rings. The predicted octanol–water partition coefficient (Wildman–Crippen LogP) is 3.58. The molecular weight excluding hydrogens is 253 g/mol. The molecule has 0 spiro atoms. The normalized spacial score (nSPS) is 13.5. The van der Waals surface area contributed by atoms with Gasteiger partial charge >= 0.3 is 5.51 Å². The Kier molecular flexibility index (Phi) is 4.59. The topological polar surface area (TPSA) is 26.3 Å². The zero-order chi connectivity index (χ0) is 13.1. The summed E-state index contributed by atoms with van der Waals surface area (Å²) >= 11 is -0.189. The molecule has 1 aromatic carbocycles. The van der Waals surface area contributed by atoms with Gasteiger partial charge in [-0.3, -0.25) is 4.79 Å². The van der Waals surface area contributed by atoms with Crippen LogP contribution in [0.4, 0.5) is 13.2 Å². The molecule has 2 nitrogen and oxygen atoms in total. The van der Waals surface area contributed by atoms with Crippen LogP contribution in [0.3, 0.4) is 0 Å².